The van der Waals surface area contributed by atoms with Gasteiger partial charge in [-0.15, -0.1) is 0 Å². The van der Waals surface area contributed by atoms with E-state index in [1.54, 1.807) is 0 Å². The lowest BCUT2D eigenvalue weighted by Crippen LogP contribution is -2.54. The molecule has 0 rings (SSSR count). The van der Waals surface area contributed by atoms with E-state index in [-0.39, 0.29) is 19.0 Å². The van der Waals surface area contributed by atoms with Gasteiger partial charge in [0.1, 0.15) is 6.54 Å². The Labute approximate surface area is 111 Å². The monoisotopic (exact) mass is 275 g/mol. The van der Waals surface area contributed by atoms with Gasteiger partial charge in [0, 0.05) is 6.54 Å². The Bertz CT molecular complexity index is 343. The molecule has 0 heterocycles. The summed E-state index contributed by atoms with van der Waals surface area (Å²) in [5.41, 5.74) is 5.03. The van der Waals surface area contributed by atoms with Crippen molar-refractivity contribution in [3.63, 3.8) is 0 Å². The molecule has 0 aliphatic carbocycles. The highest BCUT2D eigenvalue weighted by molar-refractivity contribution is 5.86. The van der Waals surface area contributed by atoms with Gasteiger partial charge >= 0.3 is 12.0 Å². The normalized spacial score (nSPS) is 13.7. The number of primary amides is 1. The number of aliphatic carboxylic acids is 1. The lowest BCUT2D eigenvalue weighted by atomic mass is 10.2. The molecule has 2 atom stereocenters. The first-order chi connectivity index (χ1) is 8.65. The van der Waals surface area contributed by atoms with E-state index in [2.05, 4.69) is 5.32 Å². The fourth-order valence-corrected chi connectivity index (χ4v) is 1.46. The maximum Gasteiger partial charge on any atom is 0.328 e. The van der Waals surface area contributed by atoms with Crippen molar-refractivity contribution in [2.75, 3.05) is 13.1 Å². The van der Waals surface area contributed by atoms with E-state index in [9.17, 15) is 19.5 Å². The van der Waals surface area contributed by atoms with Gasteiger partial charge < -0.3 is 26.2 Å². The van der Waals surface area contributed by atoms with E-state index >= 15 is 0 Å². The minimum Gasteiger partial charge on any atom is -0.480 e. The van der Waals surface area contributed by atoms with Crippen molar-refractivity contribution in [1.82, 2.24) is 10.2 Å². The molecule has 0 saturated heterocycles. The number of carboxylic acids is 1. The predicted octanol–water partition coefficient (Wildman–Crippen LogP) is -1.03. The maximum absolute atomic E-state index is 11.9. The molecule has 0 radical (unpaired) electrons. The van der Waals surface area contributed by atoms with Crippen molar-refractivity contribution in [3.8, 4) is 0 Å². The Morgan fingerprint density at radius 3 is 2.11 bits per heavy atom. The van der Waals surface area contributed by atoms with E-state index in [4.69, 9.17) is 10.8 Å². The van der Waals surface area contributed by atoms with E-state index in [0.717, 1.165) is 4.90 Å². The summed E-state index contributed by atoms with van der Waals surface area (Å²) in [6, 6.07) is -2.18. The first-order valence-electron chi connectivity index (χ1n) is 5.89. The second-order valence-corrected chi connectivity index (χ2v) is 4.75. The lowest BCUT2D eigenvalue weighted by Gasteiger charge is -2.26. The average Bonchev–Trinajstić information content (AvgIpc) is 2.22. The molecule has 0 aromatic rings. The number of amides is 3. The van der Waals surface area contributed by atoms with E-state index < -0.39 is 30.1 Å². The average molecular weight is 275 g/mol. The van der Waals surface area contributed by atoms with Gasteiger partial charge in [-0.05, 0) is 12.8 Å². The zero-order valence-electron chi connectivity index (χ0n) is 11.3. The first-order valence-corrected chi connectivity index (χ1v) is 5.89. The molecular formula is C11H21N3O5. The second-order valence-electron chi connectivity index (χ2n) is 4.75. The smallest absolute Gasteiger partial charge is 0.328 e. The van der Waals surface area contributed by atoms with Crippen LogP contribution in [0.25, 0.3) is 0 Å². The van der Waals surface area contributed by atoms with Crippen LogP contribution in [-0.2, 0) is 9.59 Å². The highest BCUT2D eigenvalue weighted by atomic mass is 16.4. The van der Waals surface area contributed by atoms with Gasteiger partial charge in [-0.2, -0.15) is 0 Å². The molecule has 0 spiro atoms. The Morgan fingerprint density at radius 2 is 1.79 bits per heavy atom. The second kappa shape index (κ2) is 7.57. The summed E-state index contributed by atoms with van der Waals surface area (Å²) in [5.74, 6) is -1.97. The standard InChI is InChI=1S/C11H21N3O5/c1-6(2)4-14(5-8(12)16)11(19)13-9(7(3)15)10(17)18/h6-7,9,15H,4-5H2,1-3H3,(H2,12,16)(H,13,19)(H,17,18). The van der Waals surface area contributed by atoms with Gasteiger partial charge in [-0.1, -0.05) is 13.8 Å². The van der Waals surface area contributed by atoms with Crippen LogP contribution in [0.1, 0.15) is 20.8 Å². The minimum absolute atomic E-state index is 0.0833. The molecule has 0 saturated carbocycles. The topological polar surface area (TPSA) is 133 Å². The zero-order valence-corrected chi connectivity index (χ0v) is 11.3. The highest BCUT2D eigenvalue weighted by Gasteiger charge is 2.27. The molecule has 0 aromatic carbocycles. The lowest BCUT2D eigenvalue weighted by molar-refractivity contribution is -0.141. The van der Waals surface area contributed by atoms with Crippen molar-refractivity contribution in [1.29, 1.82) is 0 Å². The summed E-state index contributed by atoms with van der Waals surface area (Å²) in [7, 11) is 0. The van der Waals surface area contributed by atoms with Crippen LogP contribution in [0.5, 0.6) is 0 Å². The molecule has 0 aliphatic heterocycles. The van der Waals surface area contributed by atoms with Crippen LogP contribution in [0.4, 0.5) is 4.79 Å². The van der Waals surface area contributed by atoms with Crippen LogP contribution in [0.2, 0.25) is 0 Å². The number of aliphatic hydroxyl groups is 1. The van der Waals surface area contributed by atoms with Gasteiger partial charge in [0.2, 0.25) is 5.91 Å². The summed E-state index contributed by atoms with van der Waals surface area (Å²) >= 11 is 0. The van der Waals surface area contributed by atoms with Crippen molar-refractivity contribution in [2.24, 2.45) is 11.7 Å². The Kier molecular flexibility index (Phi) is 6.84. The number of nitrogens with one attached hydrogen (secondary N) is 1. The van der Waals surface area contributed by atoms with Gasteiger partial charge in [-0.3, -0.25) is 4.79 Å². The van der Waals surface area contributed by atoms with Crippen LogP contribution in [-0.4, -0.2) is 58.3 Å². The molecule has 8 nitrogen and oxygen atoms in total. The number of rotatable bonds is 7. The van der Waals surface area contributed by atoms with Gasteiger partial charge in [0.05, 0.1) is 6.10 Å². The maximum atomic E-state index is 11.9. The summed E-state index contributed by atoms with van der Waals surface area (Å²) in [6.45, 7) is 4.87. The Morgan fingerprint density at radius 1 is 1.26 bits per heavy atom. The number of carboxylic acid groups (broad SMARTS) is 1. The molecule has 0 aliphatic rings. The van der Waals surface area contributed by atoms with Crippen molar-refractivity contribution >= 4 is 17.9 Å². The highest BCUT2D eigenvalue weighted by Crippen LogP contribution is 2.01. The SMILES string of the molecule is CC(C)CN(CC(N)=O)C(=O)NC(C(=O)O)C(C)O. The summed E-state index contributed by atoms with van der Waals surface area (Å²) in [6.07, 6.45) is -1.25. The van der Waals surface area contributed by atoms with E-state index in [0.29, 0.717) is 0 Å². The first kappa shape index (κ1) is 17.2. The third kappa shape index (κ3) is 6.61. The quantitative estimate of drug-likeness (QED) is 0.471. The summed E-state index contributed by atoms with van der Waals surface area (Å²) < 4.78 is 0. The zero-order chi connectivity index (χ0) is 15.2. The number of nitrogens with two attached hydrogens (primary N) is 1. The molecule has 2 unspecified atom stereocenters. The molecule has 5 N–H and O–H groups in total. The number of carbonyl (C=O) groups excluding carboxylic acids is 2. The number of carbonyl (C=O) groups is 3. The fraction of sp³-hybridized carbons (Fsp3) is 0.727. The summed E-state index contributed by atoms with van der Waals surface area (Å²) in [5, 5.41) is 20.3. The van der Waals surface area contributed by atoms with Crippen LogP contribution < -0.4 is 11.1 Å². The predicted molar refractivity (Wildman–Crippen MR) is 67.2 cm³/mol. The van der Waals surface area contributed by atoms with E-state index in [1.165, 1.54) is 6.92 Å². The number of hydrogen-bond acceptors (Lipinski definition) is 4. The molecule has 19 heavy (non-hydrogen) atoms. The number of nitrogens with zero attached hydrogens (tertiary/aromatic N) is 1. The third-order valence-corrected chi connectivity index (χ3v) is 2.25. The minimum atomic E-state index is -1.44. The molecular weight excluding hydrogens is 254 g/mol. The van der Waals surface area contributed by atoms with Gasteiger partial charge in [-0.25, -0.2) is 9.59 Å². The molecule has 0 aromatic heterocycles. The molecule has 0 bridgehead atoms. The Balaban J connectivity index is 4.78. The van der Waals surface area contributed by atoms with E-state index in [1.807, 2.05) is 13.8 Å². The Hall–Kier alpha value is -1.83. The number of hydrogen-bond donors (Lipinski definition) is 4. The van der Waals surface area contributed by atoms with Gasteiger partial charge in [0.15, 0.2) is 6.04 Å². The van der Waals surface area contributed by atoms with Crippen LogP contribution >= 0.6 is 0 Å². The summed E-state index contributed by atoms with van der Waals surface area (Å²) in [4.78, 5) is 34.7. The van der Waals surface area contributed by atoms with Crippen molar-refractivity contribution in [2.45, 2.75) is 32.9 Å². The fourth-order valence-electron chi connectivity index (χ4n) is 1.46. The largest absolute Gasteiger partial charge is 0.480 e. The van der Waals surface area contributed by atoms with Gasteiger partial charge in [0.25, 0.3) is 0 Å². The van der Waals surface area contributed by atoms with Crippen LogP contribution in [0.15, 0.2) is 0 Å². The molecule has 8 heteroatoms. The van der Waals surface area contributed by atoms with Crippen molar-refractivity contribution in [3.05, 3.63) is 0 Å². The third-order valence-electron chi connectivity index (χ3n) is 2.25. The molecule has 110 valence electrons. The number of urea groups is 1. The van der Waals surface area contributed by atoms with Crippen LogP contribution in [0, 0.1) is 5.92 Å². The molecule has 3 amide bonds. The number of aliphatic hydroxyl groups excluding tert-OH is 1. The van der Waals surface area contributed by atoms with Crippen LogP contribution in [0.3, 0.4) is 0 Å². The molecule has 0 fully saturated rings. The van der Waals surface area contributed by atoms with Crippen molar-refractivity contribution < 1.29 is 24.6 Å².